The summed E-state index contributed by atoms with van der Waals surface area (Å²) in [6.45, 7) is 4.02. The van der Waals surface area contributed by atoms with Crippen LogP contribution >= 0.6 is 11.6 Å². The van der Waals surface area contributed by atoms with Crippen LogP contribution in [0.5, 0.6) is 0 Å². The molecule has 4 heteroatoms. The van der Waals surface area contributed by atoms with E-state index in [1.807, 2.05) is 6.07 Å². The average Bonchev–Trinajstić information content (AvgIpc) is 2.99. The summed E-state index contributed by atoms with van der Waals surface area (Å²) in [4.78, 5) is 0. The molecule has 1 heterocycles. The fraction of sp³-hybridized carbons (Fsp3) is 0.647. The maximum atomic E-state index is 13.3. The number of hydrogen-bond donors (Lipinski definition) is 1. The minimum atomic E-state index is -0.353. The third-order valence-electron chi connectivity index (χ3n) is 4.03. The van der Waals surface area contributed by atoms with Crippen LogP contribution in [-0.4, -0.2) is 19.3 Å². The zero-order valence-corrected chi connectivity index (χ0v) is 13.5. The first kappa shape index (κ1) is 16.7. The second kappa shape index (κ2) is 8.72. The summed E-state index contributed by atoms with van der Waals surface area (Å²) in [5, 5.41) is 3.74. The lowest BCUT2D eigenvalue weighted by molar-refractivity contribution is 0.101. The highest BCUT2D eigenvalue weighted by molar-refractivity contribution is 6.30. The SMILES string of the molecule is CCCNC(CCCC1CCCO1)c1ccc(F)c(Cl)c1. The van der Waals surface area contributed by atoms with E-state index in [1.54, 1.807) is 6.07 Å². The molecule has 2 unspecified atom stereocenters. The molecule has 2 rings (SSSR count). The maximum absolute atomic E-state index is 13.3. The molecular formula is C17H25ClFNO. The van der Waals surface area contributed by atoms with Gasteiger partial charge in [-0.3, -0.25) is 0 Å². The van der Waals surface area contributed by atoms with Crippen LogP contribution in [-0.2, 0) is 4.74 Å². The first-order chi connectivity index (χ1) is 10.2. The van der Waals surface area contributed by atoms with Crippen molar-refractivity contribution in [2.24, 2.45) is 0 Å². The molecule has 0 aliphatic carbocycles. The Morgan fingerprint density at radius 2 is 2.33 bits per heavy atom. The van der Waals surface area contributed by atoms with E-state index in [2.05, 4.69) is 12.2 Å². The summed E-state index contributed by atoms with van der Waals surface area (Å²) in [6.07, 6.45) is 7.15. The standard InChI is InChI=1S/C17H25ClFNO/c1-2-10-20-17(7-3-5-14-6-4-11-21-14)13-8-9-16(19)15(18)12-13/h8-9,12,14,17,20H,2-7,10-11H2,1H3. The van der Waals surface area contributed by atoms with Gasteiger partial charge < -0.3 is 10.1 Å². The van der Waals surface area contributed by atoms with Gasteiger partial charge in [0.2, 0.25) is 0 Å². The number of benzene rings is 1. The van der Waals surface area contributed by atoms with Gasteiger partial charge in [-0.2, -0.15) is 0 Å². The van der Waals surface area contributed by atoms with Crippen molar-refractivity contribution < 1.29 is 9.13 Å². The lowest BCUT2D eigenvalue weighted by atomic mass is 9.99. The summed E-state index contributed by atoms with van der Waals surface area (Å²) in [5.74, 6) is -0.353. The zero-order chi connectivity index (χ0) is 15.1. The third-order valence-corrected chi connectivity index (χ3v) is 4.32. The van der Waals surface area contributed by atoms with E-state index in [-0.39, 0.29) is 16.9 Å². The van der Waals surface area contributed by atoms with E-state index in [1.165, 1.54) is 18.9 Å². The summed E-state index contributed by atoms with van der Waals surface area (Å²) < 4.78 is 19.0. The molecule has 0 saturated carbocycles. The Labute approximate surface area is 132 Å². The van der Waals surface area contributed by atoms with Gasteiger partial charge in [0.05, 0.1) is 11.1 Å². The molecule has 1 aliphatic heterocycles. The summed E-state index contributed by atoms with van der Waals surface area (Å²) >= 11 is 5.91. The monoisotopic (exact) mass is 313 g/mol. The molecule has 1 aromatic rings. The molecular weight excluding hydrogens is 289 g/mol. The van der Waals surface area contributed by atoms with Gasteiger partial charge in [-0.1, -0.05) is 24.6 Å². The Morgan fingerprint density at radius 3 is 3.00 bits per heavy atom. The molecule has 1 aliphatic rings. The predicted octanol–water partition coefficient (Wildman–Crippen LogP) is 4.87. The molecule has 2 atom stereocenters. The first-order valence-corrected chi connectivity index (χ1v) is 8.38. The normalized spacial score (nSPS) is 19.9. The van der Waals surface area contributed by atoms with Gasteiger partial charge in [0.25, 0.3) is 0 Å². The lowest BCUT2D eigenvalue weighted by Crippen LogP contribution is -2.22. The van der Waals surface area contributed by atoms with Gasteiger partial charge in [-0.05, 0) is 62.8 Å². The topological polar surface area (TPSA) is 21.3 Å². The molecule has 2 nitrogen and oxygen atoms in total. The number of halogens is 2. The molecule has 0 spiro atoms. The lowest BCUT2D eigenvalue weighted by Gasteiger charge is -2.20. The third kappa shape index (κ3) is 5.24. The quantitative estimate of drug-likeness (QED) is 0.739. The van der Waals surface area contributed by atoms with Crippen molar-refractivity contribution in [2.45, 2.75) is 57.6 Å². The number of ether oxygens (including phenoxy) is 1. The van der Waals surface area contributed by atoms with Crippen molar-refractivity contribution in [3.63, 3.8) is 0 Å². The fourth-order valence-corrected chi connectivity index (χ4v) is 3.04. The van der Waals surface area contributed by atoms with Gasteiger partial charge in [0.15, 0.2) is 0 Å². The predicted molar refractivity (Wildman–Crippen MR) is 85.3 cm³/mol. The van der Waals surface area contributed by atoms with E-state index in [0.717, 1.165) is 44.4 Å². The van der Waals surface area contributed by atoms with E-state index in [4.69, 9.17) is 16.3 Å². The Balaban J connectivity index is 1.90. The van der Waals surface area contributed by atoms with Gasteiger partial charge in [0, 0.05) is 12.6 Å². The molecule has 0 radical (unpaired) electrons. The average molecular weight is 314 g/mol. The highest BCUT2D eigenvalue weighted by atomic mass is 35.5. The van der Waals surface area contributed by atoms with Gasteiger partial charge in [0.1, 0.15) is 5.82 Å². The van der Waals surface area contributed by atoms with Crippen molar-refractivity contribution >= 4 is 11.6 Å². The number of rotatable bonds is 8. The molecule has 118 valence electrons. The highest BCUT2D eigenvalue weighted by Gasteiger charge is 2.17. The van der Waals surface area contributed by atoms with Crippen LogP contribution in [0.1, 0.15) is 57.1 Å². The summed E-state index contributed by atoms with van der Waals surface area (Å²) in [5.41, 5.74) is 1.07. The zero-order valence-electron chi connectivity index (χ0n) is 12.7. The molecule has 21 heavy (non-hydrogen) atoms. The van der Waals surface area contributed by atoms with Crippen LogP contribution in [0.25, 0.3) is 0 Å². The van der Waals surface area contributed by atoms with E-state index >= 15 is 0 Å². The molecule has 1 fully saturated rings. The van der Waals surface area contributed by atoms with Crippen LogP contribution < -0.4 is 5.32 Å². The van der Waals surface area contributed by atoms with Gasteiger partial charge in [-0.25, -0.2) is 4.39 Å². The fourth-order valence-electron chi connectivity index (χ4n) is 2.86. The van der Waals surface area contributed by atoms with Crippen molar-refractivity contribution in [3.05, 3.63) is 34.6 Å². The Morgan fingerprint density at radius 1 is 1.48 bits per heavy atom. The van der Waals surface area contributed by atoms with Crippen molar-refractivity contribution in [1.29, 1.82) is 0 Å². The smallest absolute Gasteiger partial charge is 0.141 e. The number of hydrogen-bond acceptors (Lipinski definition) is 2. The van der Waals surface area contributed by atoms with Gasteiger partial charge >= 0.3 is 0 Å². The maximum Gasteiger partial charge on any atom is 0.141 e. The van der Waals surface area contributed by atoms with E-state index in [0.29, 0.717) is 6.10 Å². The van der Waals surface area contributed by atoms with Crippen LogP contribution in [0.2, 0.25) is 5.02 Å². The molecule has 1 saturated heterocycles. The minimum Gasteiger partial charge on any atom is -0.378 e. The van der Waals surface area contributed by atoms with Crippen molar-refractivity contribution in [1.82, 2.24) is 5.32 Å². The first-order valence-electron chi connectivity index (χ1n) is 8.00. The highest BCUT2D eigenvalue weighted by Crippen LogP contribution is 2.26. The minimum absolute atomic E-state index is 0.204. The van der Waals surface area contributed by atoms with Crippen LogP contribution in [0.3, 0.4) is 0 Å². The molecule has 0 aromatic heterocycles. The van der Waals surface area contributed by atoms with Crippen molar-refractivity contribution in [2.75, 3.05) is 13.2 Å². The Hall–Kier alpha value is -0.640. The summed E-state index contributed by atoms with van der Waals surface area (Å²) in [7, 11) is 0. The van der Waals surface area contributed by atoms with E-state index in [9.17, 15) is 4.39 Å². The summed E-state index contributed by atoms with van der Waals surface area (Å²) in [6, 6.07) is 5.28. The largest absolute Gasteiger partial charge is 0.378 e. The van der Waals surface area contributed by atoms with Crippen LogP contribution in [0.15, 0.2) is 18.2 Å². The number of nitrogens with one attached hydrogen (secondary N) is 1. The Kier molecular flexibility index (Phi) is 6.94. The second-order valence-corrected chi connectivity index (χ2v) is 6.15. The van der Waals surface area contributed by atoms with E-state index < -0.39 is 0 Å². The van der Waals surface area contributed by atoms with Gasteiger partial charge in [-0.15, -0.1) is 0 Å². The van der Waals surface area contributed by atoms with Crippen LogP contribution in [0, 0.1) is 5.82 Å². The molecule has 0 bridgehead atoms. The Bertz CT molecular complexity index is 435. The van der Waals surface area contributed by atoms with Crippen LogP contribution in [0.4, 0.5) is 4.39 Å². The van der Waals surface area contributed by atoms with Crippen molar-refractivity contribution in [3.8, 4) is 0 Å². The molecule has 0 amide bonds. The second-order valence-electron chi connectivity index (χ2n) is 5.75. The molecule has 1 aromatic carbocycles. The molecule has 1 N–H and O–H groups in total.